The van der Waals surface area contributed by atoms with Crippen molar-refractivity contribution in [1.82, 2.24) is 9.97 Å². The number of benzene rings is 1. The van der Waals surface area contributed by atoms with Crippen molar-refractivity contribution in [3.05, 3.63) is 48.2 Å². The van der Waals surface area contributed by atoms with E-state index in [1.807, 2.05) is 18.2 Å². The first kappa shape index (κ1) is 16.8. The molecule has 2 aromatic heterocycles. The lowest BCUT2D eigenvalue weighted by molar-refractivity contribution is -0.137. The van der Waals surface area contributed by atoms with E-state index in [9.17, 15) is 17.4 Å². The van der Waals surface area contributed by atoms with Gasteiger partial charge in [-0.1, -0.05) is 18.2 Å². The van der Waals surface area contributed by atoms with Crippen molar-refractivity contribution in [3.63, 3.8) is 0 Å². The predicted octanol–water partition coefficient (Wildman–Crippen LogP) is 3.90. The van der Waals surface area contributed by atoms with Crippen LogP contribution in [0.15, 0.2) is 46.9 Å². The van der Waals surface area contributed by atoms with Gasteiger partial charge in [-0.25, -0.2) is 9.97 Å². The van der Waals surface area contributed by atoms with Crippen LogP contribution >= 0.6 is 11.3 Å². The molecule has 0 saturated heterocycles. The SMILES string of the molecule is O=S(CCOc1ccccc1)c1nc2ncc(C(F)(F)F)cc2s1. The third-order valence-electron chi connectivity index (χ3n) is 3.03. The summed E-state index contributed by atoms with van der Waals surface area (Å²) in [6.07, 6.45) is -3.73. The molecule has 0 spiro atoms. The van der Waals surface area contributed by atoms with Crippen molar-refractivity contribution < 1.29 is 22.1 Å². The van der Waals surface area contributed by atoms with Gasteiger partial charge in [-0.15, -0.1) is 11.3 Å². The molecule has 4 nitrogen and oxygen atoms in total. The number of thiazole rings is 1. The van der Waals surface area contributed by atoms with E-state index in [4.69, 9.17) is 4.74 Å². The minimum Gasteiger partial charge on any atom is -0.493 e. The second-order valence-corrected chi connectivity index (χ2v) is 7.51. The lowest BCUT2D eigenvalue weighted by Gasteiger charge is -2.04. The maximum atomic E-state index is 12.7. The zero-order valence-corrected chi connectivity index (χ0v) is 13.7. The zero-order valence-electron chi connectivity index (χ0n) is 12.1. The zero-order chi connectivity index (χ0) is 17.2. The molecule has 3 aromatic rings. The Balaban J connectivity index is 1.68. The van der Waals surface area contributed by atoms with Crippen LogP contribution in [-0.4, -0.2) is 26.5 Å². The molecule has 0 saturated carbocycles. The molecule has 0 fully saturated rings. The van der Waals surface area contributed by atoms with E-state index in [1.54, 1.807) is 12.1 Å². The quantitative estimate of drug-likeness (QED) is 0.682. The second-order valence-electron chi connectivity index (χ2n) is 4.73. The summed E-state index contributed by atoms with van der Waals surface area (Å²) in [5.74, 6) is 0.858. The first-order valence-electron chi connectivity index (χ1n) is 6.83. The second kappa shape index (κ2) is 6.86. The van der Waals surface area contributed by atoms with Crippen molar-refractivity contribution in [2.75, 3.05) is 12.4 Å². The lowest BCUT2D eigenvalue weighted by atomic mass is 10.3. The topological polar surface area (TPSA) is 52.1 Å². The number of fused-ring (bicyclic) bond motifs is 1. The molecule has 24 heavy (non-hydrogen) atoms. The molecule has 1 aromatic carbocycles. The number of pyridine rings is 1. The molecular formula is C15H11F3N2O2S2. The van der Waals surface area contributed by atoms with E-state index < -0.39 is 22.5 Å². The number of ether oxygens (including phenoxy) is 1. The largest absolute Gasteiger partial charge is 0.493 e. The maximum absolute atomic E-state index is 12.7. The summed E-state index contributed by atoms with van der Waals surface area (Å²) in [5, 5.41) is 0. The maximum Gasteiger partial charge on any atom is 0.417 e. The first-order valence-corrected chi connectivity index (χ1v) is 8.97. The van der Waals surface area contributed by atoms with E-state index >= 15 is 0 Å². The molecule has 0 aliphatic carbocycles. The van der Waals surface area contributed by atoms with Gasteiger partial charge in [0.1, 0.15) is 12.4 Å². The minimum atomic E-state index is -4.46. The summed E-state index contributed by atoms with van der Waals surface area (Å²) in [7, 11) is -1.46. The molecule has 3 rings (SSSR count). The minimum absolute atomic E-state index is 0.167. The molecule has 0 radical (unpaired) electrons. The Morgan fingerprint density at radius 1 is 1.21 bits per heavy atom. The van der Waals surface area contributed by atoms with Crippen LogP contribution in [-0.2, 0) is 17.0 Å². The summed E-state index contributed by atoms with van der Waals surface area (Å²) in [6, 6.07) is 10.0. The van der Waals surface area contributed by atoms with Gasteiger partial charge in [-0.05, 0) is 18.2 Å². The Morgan fingerprint density at radius 3 is 2.67 bits per heavy atom. The average molecular weight is 372 g/mol. The van der Waals surface area contributed by atoms with Crippen molar-refractivity contribution >= 4 is 32.5 Å². The molecule has 126 valence electrons. The highest BCUT2D eigenvalue weighted by atomic mass is 32.2. The molecule has 2 heterocycles. The van der Waals surface area contributed by atoms with Gasteiger partial charge < -0.3 is 4.74 Å². The smallest absolute Gasteiger partial charge is 0.417 e. The third kappa shape index (κ3) is 3.90. The molecule has 0 aliphatic rings. The highest BCUT2D eigenvalue weighted by molar-refractivity contribution is 7.87. The van der Waals surface area contributed by atoms with Crippen LogP contribution in [0.4, 0.5) is 13.2 Å². The fourth-order valence-electron chi connectivity index (χ4n) is 1.89. The van der Waals surface area contributed by atoms with Gasteiger partial charge in [-0.3, -0.25) is 4.21 Å². The summed E-state index contributed by atoms with van der Waals surface area (Å²) in [5.41, 5.74) is -0.677. The predicted molar refractivity (Wildman–Crippen MR) is 85.6 cm³/mol. The Bertz CT molecular complexity index is 866. The normalized spacial score (nSPS) is 13.1. The van der Waals surface area contributed by atoms with E-state index in [1.165, 1.54) is 0 Å². The number of rotatable bonds is 5. The van der Waals surface area contributed by atoms with Crippen molar-refractivity contribution in [1.29, 1.82) is 0 Å². The van der Waals surface area contributed by atoms with Gasteiger partial charge in [0.25, 0.3) is 0 Å². The van der Waals surface area contributed by atoms with Crippen LogP contribution in [0.25, 0.3) is 10.3 Å². The highest BCUT2D eigenvalue weighted by Gasteiger charge is 2.31. The van der Waals surface area contributed by atoms with Gasteiger partial charge in [0.2, 0.25) is 0 Å². The number of para-hydroxylation sites is 1. The van der Waals surface area contributed by atoms with Crippen LogP contribution in [0, 0.1) is 0 Å². The molecule has 0 bridgehead atoms. The first-order chi connectivity index (χ1) is 11.4. The molecular weight excluding hydrogens is 361 g/mol. The van der Waals surface area contributed by atoms with E-state index in [0.717, 1.165) is 23.6 Å². The van der Waals surface area contributed by atoms with Gasteiger partial charge >= 0.3 is 6.18 Å². The Kier molecular flexibility index (Phi) is 4.81. The summed E-state index contributed by atoms with van der Waals surface area (Å²) in [6.45, 7) is 0.216. The fraction of sp³-hybridized carbons (Fsp3) is 0.200. The van der Waals surface area contributed by atoms with Crippen molar-refractivity contribution in [2.24, 2.45) is 0 Å². The van der Waals surface area contributed by atoms with Crippen molar-refractivity contribution in [3.8, 4) is 5.75 Å². The molecule has 0 N–H and O–H groups in total. The fourth-order valence-corrected chi connectivity index (χ4v) is 4.08. The molecule has 9 heteroatoms. The lowest BCUT2D eigenvalue weighted by Crippen LogP contribution is -2.08. The van der Waals surface area contributed by atoms with Crippen LogP contribution in [0.3, 0.4) is 0 Å². The van der Waals surface area contributed by atoms with Gasteiger partial charge in [0, 0.05) is 6.20 Å². The Hall–Kier alpha value is -2.00. The van der Waals surface area contributed by atoms with E-state index in [0.29, 0.717) is 5.75 Å². The third-order valence-corrected chi connectivity index (χ3v) is 5.64. The van der Waals surface area contributed by atoms with Gasteiger partial charge in [0.15, 0.2) is 9.99 Å². The Morgan fingerprint density at radius 2 is 1.96 bits per heavy atom. The number of hydrogen-bond donors (Lipinski definition) is 0. The van der Waals surface area contributed by atoms with Gasteiger partial charge in [-0.2, -0.15) is 13.2 Å². The molecule has 1 unspecified atom stereocenters. The summed E-state index contributed by atoms with van der Waals surface area (Å²) >= 11 is 0.953. The van der Waals surface area contributed by atoms with Crippen LogP contribution in [0.5, 0.6) is 5.75 Å². The monoisotopic (exact) mass is 372 g/mol. The molecule has 1 atom stereocenters. The van der Waals surface area contributed by atoms with Gasteiger partial charge in [0.05, 0.1) is 26.8 Å². The number of aromatic nitrogens is 2. The Labute approximate surface area is 141 Å². The van der Waals surface area contributed by atoms with Crippen LogP contribution < -0.4 is 4.74 Å². The van der Waals surface area contributed by atoms with Crippen molar-refractivity contribution in [2.45, 2.75) is 10.5 Å². The van der Waals surface area contributed by atoms with Crippen LogP contribution in [0.1, 0.15) is 5.56 Å². The number of nitrogens with zero attached hydrogens (tertiary/aromatic N) is 2. The summed E-state index contributed by atoms with van der Waals surface area (Å²) in [4.78, 5) is 7.74. The van der Waals surface area contributed by atoms with E-state index in [2.05, 4.69) is 9.97 Å². The number of hydrogen-bond acceptors (Lipinski definition) is 5. The molecule has 0 aliphatic heterocycles. The van der Waals surface area contributed by atoms with Crippen LogP contribution in [0.2, 0.25) is 0 Å². The molecule has 0 amide bonds. The number of halogens is 3. The number of alkyl halides is 3. The standard InChI is InChI=1S/C15H11F3N2O2S2/c16-15(17,18)10-8-12-13(19-9-10)20-14(23-12)24(21)7-6-22-11-4-2-1-3-5-11/h1-5,8-9H,6-7H2. The van der Waals surface area contributed by atoms with E-state index in [-0.39, 0.29) is 27.0 Å². The highest BCUT2D eigenvalue weighted by Crippen LogP contribution is 2.32. The summed E-state index contributed by atoms with van der Waals surface area (Å²) < 4.78 is 56.2. The average Bonchev–Trinajstić information content (AvgIpc) is 2.98.